The van der Waals surface area contributed by atoms with Crippen LogP contribution < -0.4 is 0 Å². The van der Waals surface area contributed by atoms with Crippen molar-refractivity contribution in [1.29, 1.82) is 0 Å². The Hall–Kier alpha value is -2.52. The third-order valence-corrected chi connectivity index (χ3v) is 1.17. The average Bonchev–Trinajstić information content (AvgIpc) is 1.98. The van der Waals surface area contributed by atoms with Crippen LogP contribution in [-0.4, -0.2) is 30.8 Å². The van der Waals surface area contributed by atoms with Gasteiger partial charge in [-0.1, -0.05) is 0 Å². The van der Waals surface area contributed by atoms with Crippen molar-refractivity contribution in [2.45, 2.75) is 6.16 Å². The van der Waals surface area contributed by atoms with E-state index in [2.05, 4.69) is 28.4 Å². The van der Waals surface area contributed by atoms with Crippen LogP contribution in [0.3, 0.4) is 0 Å². The Kier molecular flexibility index (Phi) is 1.65. The van der Waals surface area contributed by atoms with E-state index in [1.807, 2.05) is 0 Å². The highest BCUT2D eigenvalue weighted by Gasteiger charge is 2.67. The van der Waals surface area contributed by atoms with Gasteiger partial charge in [0.25, 0.3) is 0 Å². The number of carbonyl (C=O) groups is 4. The van der Waals surface area contributed by atoms with Crippen LogP contribution >= 0.6 is 0 Å². The topological polar surface area (TPSA) is 124 Å². The highest BCUT2D eigenvalue weighted by Crippen LogP contribution is 2.35. The van der Waals surface area contributed by atoms with Crippen molar-refractivity contribution >= 4 is 24.6 Å². The summed E-state index contributed by atoms with van der Waals surface area (Å²) in [7, 11) is 0. The zero-order valence-electron chi connectivity index (χ0n) is 6.58. The molecule has 0 aromatic carbocycles. The molecule has 10 nitrogen and oxygen atoms in total. The minimum atomic E-state index is -1.81. The van der Waals surface area contributed by atoms with Crippen LogP contribution in [0.5, 0.6) is 0 Å². The van der Waals surface area contributed by atoms with E-state index in [9.17, 15) is 19.2 Å². The Balaban J connectivity index is 0.000000124. The first-order chi connectivity index (χ1) is 6.99. The molecule has 10 heteroatoms. The number of hydrogen-bond acceptors (Lipinski definition) is 10. The van der Waals surface area contributed by atoms with Crippen molar-refractivity contribution in [2.24, 2.45) is 0 Å². The molecule has 0 N–H and O–H groups in total. The summed E-state index contributed by atoms with van der Waals surface area (Å²) in [6.07, 6.45) is -5.47. The monoisotopic (exact) mass is 220 g/mol. The molecule has 3 rings (SSSR count). The van der Waals surface area contributed by atoms with E-state index in [-0.39, 0.29) is 0 Å². The lowest BCUT2D eigenvalue weighted by molar-refractivity contribution is -0.536. The summed E-state index contributed by atoms with van der Waals surface area (Å²) in [6, 6.07) is 0. The summed E-state index contributed by atoms with van der Waals surface area (Å²) in [4.78, 5) is 38.7. The molecule has 3 heterocycles. The summed E-state index contributed by atoms with van der Waals surface area (Å²) < 4.78 is 23.7. The smallest absolute Gasteiger partial charge is 0.327 e. The van der Waals surface area contributed by atoms with Crippen molar-refractivity contribution in [3.8, 4) is 0 Å². The lowest BCUT2D eigenvalue weighted by atomic mass is 10.8. The van der Waals surface area contributed by atoms with E-state index in [1.165, 1.54) is 0 Å². The average molecular weight is 220 g/mol. The Bertz CT molecular complexity index is 304. The lowest BCUT2D eigenvalue weighted by Gasteiger charge is -2.39. The van der Waals surface area contributed by atoms with Gasteiger partial charge in [-0.15, -0.1) is 0 Å². The van der Waals surface area contributed by atoms with Crippen LogP contribution in [0.25, 0.3) is 0 Å². The molecular formula is C5O10. The Labute approximate surface area is 79.5 Å². The number of rotatable bonds is 0. The maximum Gasteiger partial charge on any atom is 0.629 e. The van der Waals surface area contributed by atoms with Crippen molar-refractivity contribution in [3.63, 3.8) is 0 Å². The molecule has 3 fully saturated rings. The summed E-state index contributed by atoms with van der Waals surface area (Å²) in [5.41, 5.74) is 0. The fourth-order valence-electron chi connectivity index (χ4n) is 0.651. The fourth-order valence-corrected chi connectivity index (χ4v) is 0.651. The maximum absolute atomic E-state index is 9.90. The third kappa shape index (κ3) is 1.59. The molecule has 0 aromatic rings. The van der Waals surface area contributed by atoms with Crippen LogP contribution in [0, 0.1) is 0 Å². The number of ether oxygens (including phenoxy) is 6. The predicted molar refractivity (Wildman–Crippen MR) is 30.8 cm³/mol. The molecule has 0 saturated carbocycles. The fraction of sp³-hybridized carbons (Fsp3) is 0.200. The van der Waals surface area contributed by atoms with E-state index >= 15 is 0 Å². The molecule has 0 atom stereocenters. The minimum absolute atomic E-state index is 0.914. The van der Waals surface area contributed by atoms with Crippen molar-refractivity contribution < 1.29 is 47.6 Å². The molecule has 0 aromatic heterocycles. The standard InChI is InChI=1S/C3O6.C2O4/c4-1-6-3(7-1)8-2(5)9-3;3-1-5-2(4)6-1. The molecule has 3 saturated heterocycles. The van der Waals surface area contributed by atoms with E-state index in [1.54, 1.807) is 0 Å². The molecule has 0 aliphatic carbocycles. The molecule has 3 aliphatic rings. The van der Waals surface area contributed by atoms with Crippen molar-refractivity contribution in [2.75, 3.05) is 0 Å². The van der Waals surface area contributed by atoms with Gasteiger partial charge in [0.05, 0.1) is 0 Å². The van der Waals surface area contributed by atoms with E-state index < -0.39 is 30.8 Å². The summed E-state index contributed by atoms with van der Waals surface area (Å²) in [5.74, 6) is 0. The van der Waals surface area contributed by atoms with Crippen LogP contribution in [0.1, 0.15) is 0 Å². The Morgan fingerprint density at radius 2 is 0.933 bits per heavy atom. The number of cyclic esters (lactones) is 4. The van der Waals surface area contributed by atoms with E-state index in [0.29, 0.717) is 0 Å². The first-order valence-electron chi connectivity index (χ1n) is 3.27. The van der Waals surface area contributed by atoms with Gasteiger partial charge in [-0.3, -0.25) is 0 Å². The van der Waals surface area contributed by atoms with Crippen LogP contribution in [0.15, 0.2) is 0 Å². The Morgan fingerprint density at radius 3 is 1.07 bits per heavy atom. The molecule has 0 bridgehead atoms. The quantitative estimate of drug-likeness (QED) is 0.412. The molecule has 0 unspecified atom stereocenters. The van der Waals surface area contributed by atoms with Crippen LogP contribution in [0.4, 0.5) is 19.2 Å². The number of carbonyl (C=O) groups excluding carboxylic acids is 4. The highest BCUT2D eigenvalue weighted by molar-refractivity contribution is 5.93. The van der Waals surface area contributed by atoms with Gasteiger partial charge in [0.1, 0.15) is 0 Å². The first kappa shape index (κ1) is 9.05. The maximum atomic E-state index is 9.90. The lowest BCUT2D eigenvalue weighted by Crippen LogP contribution is -2.63. The van der Waals surface area contributed by atoms with Gasteiger partial charge in [-0.05, 0) is 0 Å². The molecule has 80 valence electrons. The van der Waals surface area contributed by atoms with Crippen LogP contribution in [-0.2, 0) is 28.4 Å². The van der Waals surface area contributed by atoms with Crippen molar-refractivity contribution in [3.05, 3.63) is 0 Å². The molecule has 0 radical (unpaired) electrons. The van der Waals surface area contributed by atoms with Gasteiger partial charge in [-0.25, -0.2) is 19.2 Å². The van der Waals surface area contributed by atoms with Crippen LogP contribution in [0.2, 0.25) is 0 Å². The molecular weight excluding hydrogens is 220 g/mol. The normalized spacial score (nSPS) is 22.9. The second kappa shape index (κ2) is 2.73. The van der Waals surface area contributed by atoms with Gasteiger partial charge in [0, 0.05) is 0 Å². The van der Waals surface area contributed by atoms with Crippen molar-refractivity contribution in [1.82, 2.24) is 0 Å². The van der Waals surface area contributed by atoms with Gasteiger partial charge in [0.2, 0.25) is 0 Å². The second-order valence-corrected chi connectivity index (χ2v) is 2.11. The summed E-state index contributed by atoms with van der Waals surface area (Å²) in [6.45, 7) is 0. The molecule has 0 amide bonds. The predicted octanol–water partition coefficient (Wildman–Crippen LogP) is 0.204. The summed E-state index contributed by atoms with van der Waals surface area (Å²) >= 11 is 0. The largest absolute Gasteiger partial charge is 0.629 e. The molecule has 3 aliphatic heterocycles. The zero-order valence-corrected chi connectivity index (χ0v) is 6.58. The first-order valence-corrected chi connectivity index (χ1v) is 3.27. The van der Waals surface area contributed by atoms with Gasteiger partial charge < -0.3 is 28.4 Å². The highest BCUT2D eigenvalue weighted by atomic mass is 17.2. The third-order valence-electron chi connectivity index (χ3n) is 1.17. The van der Waals surface area contributed by atoms with Gasteiger partial charge >= 0.3 is 30.8 Å². The summed E-state index contributed by atoms with van der Waals surface area (Å²) in [5, 5.41) is 0. The van der Waals surface area contributed by atoms with Gasteiger partial charge in [-0.2, -0.15) is 0 Å². The van der Waals surface area contributed by atoms with E-state index in [4.69, 9.17) is 0 Å². The molecule has 15 heavy (non-hydrogen) atoms. The SMILES string of the molecule is O=C1OC(=O)O1.O=C1OC2(O1)OC(=O)O2. The van der Waals surface area contributed by atoms with E-state index in [0.717, 1.165) is 0 Å². The minimum Gasteiger partial charge on any atom is -0.327 e. The second-order valence-electron chi connectivity index (χ2n) is 2.11. The molecule has 1 spiro atoms. The Morgan fingerprint density at radius 1 is 0.600 bits per heavy atom. The number of hydrogen-bond donors (Lipinski definition) is 0. The zero-order chi connectivity index (χ0) is 11.1. The van der Waals surface area contributed by atoms with Gasteiger partial charge in [0.15, 0.2) is 0 Å².